The zero-order chi connectivity index (χ0) is 46.5. The lowest BCUT2D eigenvalue weighted by molar-refractivity contribution is 0.600. The van der Waals surface area contributed by atoms with E-state index in [1.165, 1.54) is 199 Å². The Morgan fingerprint density at radius 1 is 0.246 bits per heavy atom. The van der Waals surface area contributed by atoms with Crippen LogP contribution in [0.15, 0.2) is 97.1 Å². The van der Waals surface area contributed by atoms with Gasteiger partial charge in [-0.05, 0) is 102 Å². The van der Waals surface area contributed by atoms with Crippen LogP contribution >= 0.6 is 7.87 Å². The Bertz CT molecular complexity index is 1500. The van der Waals surface area contributed by atoms with Gasteiger partial charge in [0.1, 0.15) is 0 Å². The Kier molecular flexibility index (Phi) is 26.2. The van der Waals surface area contributed by atoms with Crippen molar-refractivity contribution in [2.45, 2.75) is 209 Å². The minimum absolute atomic E-state index is 1.01. The standard InChI is InChI=1S/C60H96N4P/c1-9-13-17-21-25-29-49-61(57-41-33-53(5)34-42-57)65(62(50-30-26-22-18-14-10-2)58-43-35-54(6)36-44-58,63(51-31-27-23-19-15-11-3)59-45-37-55(7)38-46-59)64(52-32-28-24-20-16-12-4)60-47-39-56(8)40-48-60/h33-48H,9-32,49-52H2,1-8H3/q+1. The Labute approximate surface area is 402 Å². The van der Waals surface area contributed by atoms with Gasteiger partial charge in [-0.3, -0.25) is 0 Å². The van der Waals surface area contributed by atoms with Crippen LogP contribution in [0.1, 0.15) is 204 Å². The SMILES string of the molecule is CCCCCCCCN(c1ccc(C)cc1)[P+](N(CCCCCCCC)c1ccc(C)cc1)(N(CCCCCCCC)c1ccc(C)cc1)N(CCCCCCCC)c1ccc(C)cc1. The van der Waals surface area contributed by atoms with Crippen molar-refractivity contribution in [3.63, 3.8) is 0 Å². The van der Waals surface area contributed by atoms with Crippen LogP contribution in [0.4, 0.5) is 22.7 Å². The lowest BCUT2D eigenvalue weighted by Gasteiger charge is -2.53. The molecular weight excluding hydrogens is 808 g/mol. The van der Waals surface area contributed by atoms with E-state index in [-0.39, 0.29) is 0 Å². The van der Waals surface area contributed by atoms with Crippen molar-refractivity contribution in [2.75, 3.05) is 44.9 Å². The van der Waals surface area contributed by atoms with Gasteiger partial charge in [0.2, 0.25) is 0 Å². The molecule has 0 aliphatic carbocycles. The molecule has 5 heteroatoms. The van der Waals surface area contributed by atoms with E-state index in [9.17, 15) is 0 Å². The molecule has 0 unspecified atom stereocenters. The van der Waals surface area contributed by atoms with Crippen LogP contribution < -0.4 is 18.7 Å². The zero-order valence-electron chi connectivity index (χ0n) is 43.3. The molecule has 0 fully saturated rings. The van der Waals surface area contributed by atoms with Crippen LogP contribution in [0.5, 0.6) is 0 Å². The molecule has 0 N–H and O–H groups in total. The number of nitrogens with zero attached hydrogens (tertiary/aromatic N) is 4. The molecule has 4 rings (SSSR count). The summed E-state index contributed by atoms with van der Waals surface area (Å²) in [4.78, 5) is 0. The minimum atomic E-state index is -2.80. The molecule has 0 aromatic heterocycles. The summed E-state index contributed by atoms with van der Waals surface area (Å²) in [5.41, 5.74) is 10.7. The van der Waals surface area contributed by atoms with Crippen LogP contribution in [0.2, 0.25) is 0 Å². The number of unbranched alkanes of at least 4 members (excludes halogenated alkanes) is 20. The molecule has 0 atom stereocenters. The summed E-state index contributed by atoms with van der Waals surface area (Å²) in [6.07, 6.45) is 30.7. The van der Waals surface area contributed by atoms with E-state index < -0.39 is 7.87 Å². The number of hydrogen-bond acceptors (Lipinski definition) is 4. The van der Waals surface area contributed by atoms with Gasteiger partial charge in [-0.2, -0.15) is 18.7 Å². The minimum Gasteiger partial charge on any atom is -0.190 e. The summed E-state index contributed by atoms with van der Waals surface area (Å²) in [6.45, 7) is 22.5. The summed E-state index contributed by atoms with van der Waals surface area (Å²) in [5, 5.41) is 0. The third-order valence-electron chi connectivity index (χ3n) is 13.5. The third-order valence-corrected chi connectivity index (χ3v) is 17.8. The van der Waals surface area contributed by atoms with E-state index in [4.69, 9.17) is 0 Å². The highest BCUT2D eigenvalue weighted by molar-refractivity contribution is 7.81. The van der Waals surface area contributed by atoms with Crippen molar-refractivity contribution in [2.24, 2.45) is 0 Å². The first kappa shape index (κ1) is 54.1. The second-order valence-electron chi connectivity index (χ2n) is 19.4. The summed E-state index contributed by atoms with van der Waals surface area (Å²) in [7, 11) is -2.80. The Morgan fingerprint density at radius 3 is 0.600 bits per heavy atom. The molecule has 0 radical (unpaired) electrons. The van der Waals surface area contributed by atoms with Crippen molar-refractivity contribution < 1.29 is 0 Å². The van der Waals surface area contributed by atoms with E-state index in [1.807, 2.05) is 0 Å². The summed E-state index contributed by atoms with van der Waals surface area (Å²) in [5.74, 6) is 0. The quantitative estimate of drug-likeness (QED) is 0.0333. The molecule has 0 saturated heterocycles. The van der Waals surface area contributed by atoms with Gasteiger partial charge >= 0.3 is 7.87 Å². The molecule has 0 aliphatic heterocycles. The predicted octanol–water partition coefficient (Wildman–Crippen LogP) is 19.4. The van der Waals surface area contributed by atoms with Gasteiger partial charge < -0.3 is 0 Å². The normalized spacial score (nSPS) is 11.6. The Balaban J connectivity index is 2.16. The molecule has 0 bridgehead atoms. The molecule has 0 spiro atoms. The largest absolute Gasteiger partial charge is 0.405 e. The van der Waals surface area contributed by atoms with Crippen LogP contribution in [0.25, 0.3) is 0 Å². The Morgan fingerprint density at radius 2 is 0.415 bits per heavy atom. The number of rotatable bonds is 36. The van der Waals surface area contributed by atoms with Gasteiger partial charge in [-0.15, -0.1) is 0 Å². The molecule has 0 amide bonds. The van der Waals surface area contributed by atoms with Crippen LogP contribution in [0.3, 0.4) is 0 Å². The van der Waals surface area contributed by atoms with E-state index in [0.29, 0.717) is 0 Å². The monoisotopic (exact) mass is 904 g/mol. The first-order chi connectivity index (χ1) is 31.8. The average Bonchev–Trinajstić information content (AvgIpc) is 3.31. The fourth-order valence-electron chi connectivity index (χ4n) is 9.49. The van der Waals surface area contributed by atoms with Crippen molar-refractivity contribution in [3.8, 4) is 0 Å². The fraction of sp³-hybridized carbons (Fsp3) is 0.600. The van der Waals surface area contributed by atoms with Gasteiger partial charge in [-0.25, -0.2) is 0 Å². The lowest BCUT2D eigenvalue weighted by atomic mass is 10.1. The average molecular weight is 904 g/mol. The van der Waals surface area contributed by atoms with Crippen molar-refractivity contribution in [3.05, 3.63) is 119 Å². The second-order valence-corrected chi connectivity index (χ2v) is 22.4. The maximum atomic E-state index is 3.02. The maximum absolute atomic E-state index is 3.02. The number of hydrogen-bond donors (Lipinski definition) is 0. The lowest BCUT2D eigenvalue weighted by Crippen LogP contribution is -2.55. The van der Waals surface area contributed by atoms with E-state index in [1.54, 1.807) is 0 Å². The first-order valence-corrected chi connectivity index (χ1v) is 28.7. The van der Waals surface area contributed by atoms with E-state index in [0.717, 1.165) is 26.2 Å². The molecule has 4 aromatic rings. The van der Waals surface area contributed by atoms with Gasteiger partial charge in [0.25, 0.3) is 0 Å². The highest BCUT2D eigenvalue weighted by Gasteiger charge is 2.63. The molecule has 0 aliphatic rings. The van der Waals surface area contributed by atoms with Crippen molar-refractivity contribution >= 4 is 30.6 Å². The van der Waals surface area contributed by atoms with E-state index in [2.05, 4.69) is 171 Å². The molecule has 4 nitrogen and oxygen atoms in total. The summed E-state index contributed by atoms with van der Waals surface area (Å²) in [6, 6.07) is 38.9. The first-order valence-electron chi connectivity index (χ1n) is 27.1. The molecule has 65 heavy (non-hydrogen) atoms. The molecule has 360 valence electrons. The van der Waals surface area contributed by atoms with Gasteiger partial charge in [0.05, 0.1) is 48.9 Å². The van der Waals surface area contributed by atoms with Crippen LogP contribution in [0, 0.1) is 27.7 Å². The van der Waals surface area contributed by atoms with Crippen molar-refractivity contribution in [1.29, 1.82) is 0 Å². The molecular formula is C60H96N4P+. The number of benzene rings is 4. The van der Waals surface area contributed by atoms with Gasteiger partial charge in [-0.1, -0.05) is 227 Å². The van der Waals surface area contributed by atoms with Crippen LogP contribution in [-0.4, -0.2) is 26.2 Å². The predicted molar refractivity (Wildman–Crippen MR) is 295 cm³/mol. The fourth-order valence-corrected chi connectivity index (χ4v) is 14.5. The van der Waals surface area contributed by atoms with E-state index >= 15 is 0 Å². The molecule has 0 saturated carbocycles. The highest BCUT2D eigenvalue weighted by atomic mass is 31.2. The van der Waals surface area contributed by atoms with Crippen molar-refractivity contribution in [1.82, 2.24) is 0 Å². The maximum Gasteiger partial charge on any atom is 0.405 e. The summed E-state index contributed by atoms with van der Waals surface area (Å²) >= 11 is 0. The van der Waals surface area contributed by atoms with Gasteiger partial charge in [0, 0.05) is 0 Å². The highest BCUT2D eigenvalue weighted by Crippen LogP contribution is 2.74. The zero-order valence-corrected chi connectivity index (χ0v) is 44.2. The third kappa shape index (κ3) is 17.6. The van der Waals surface area contributed by atoms with Gasteiger partial charge in [0.15, 0.2) is 0 Å². The summed E-state index contributed by atoms with van der Waals surface area (Å²) < 4.78 is 12.1. The number of aryl methyl sites for hydroxylation is 4. The second kappa shape index (κ2) is 31.5. The topological polar surface area (TPSA) is 13.0 Å². The number of anilines is 4. The Hall–Kier alpha value is -3.49. The smallest absolute Gasteiger partial charge is 0.190 e. The molecule has 0 heterocycles. The molecule has 4 aromatic carbocycles. The van der Waals surface area contributed by atoms with Crippen LogP contribution in [-0.2, 0) is 0 Å².